The molecule has 1 unspecified atom stereocenters. The van der Waals surface area contributed by atoms with Gasteiger partial charge in [0.05, 0.1) is 11.7 Å². The Morgan fingerprint density at radius 3 is 2.47 bits per heavy atom. The van der Waals surface area contributed by atoms with E-state index in [-0.39, 0.29) is 0 Å². The van der Waals surface area contributed by atoms with E-state index in [1.807, 2.05) is 6.20 Å². The average Bonchev–Trinajstić information content (AvgIpc) is 2.65. The standard InChI is InChI=1S/C17H28N2/c1-4-18-17(15-9-7-5-6-8-10-15)16-14(3)11-13(2)12-19-16/h11-12,15,17-18H,4-10H2,1-3H3. The Bertz CT molecular complexity index is 392. The molecule has 2 heteroatoms. The zero-order valence-electron chi connectivity index (χ0n) is 12.7. The summed E-state index contributed by atoms with van der Waals surface area (Å²) >= 11 is 0. The van der Waals surface area contributed by atoms with Gasteiger partial charge in [0.15, 0.2) is 0 Å². The highest BCUT2D eigenvalue weighted by molar-refractivity contribution is 5.26. The van der Waals surface area contributed by atoms with E-state index in [0.29, 0.717) is 6.04 Å². The van der Waals surface area contributed by atoms with Crippen molar-refractivity contribution in [3.8, 4) is 0 Å². The van der Waals surface area contributed by atoms with Crippen LogP contribution in [-0.2, 0) is 0 Å². The monoisotopic (exact) mass is 260 g/mol. The molecule has 0 bridgehead atoms. The predicted molar refractivity (Wildman–Crippen MR) is 81.3 cm³/mol. The number of aromatic nitrogens is 1. The maximum atomic E-state index is 4.74. The third-order valence-electron chi connectivity index (χ3n) is 4.35. The number of aryl methyl sites for hydroxylation is 2. The third kappa shape index (κ3) is 3.79. The Kier molecular flexibility index (Phi) is 5.38. The molecule has 1 aromatic heterocycles. The van der Waals surface area contributed by atoms with Gasteiger partial charge in [0.2, 0.25) is 0 Å². The summed E-state index contributed by atoms with van der Waals surface area (Å²) in [5, 5.41) is 3.69. The van der Waals surface area contributed by atoms with Gasteiger partial charge in [-0.15, -0.1) is 0 Å². The lowest BCUT2D eigenvalue weighted by Gasteiger charge is -2.28. The number of hydrogen-bond acceptors (Lipinski definition) is 2. The molecule has 0 amide bonds. The molecular formula is C17H28N2. The summed E-state index contributed by atoms with van der Waals surface area (Å²) in [6.07, 6.45) is 10.3. The third-order valence-corrected chi connectivity index (χ3v) is 4.35. The van der Waals surface area contributed by atoms with Gasteiger partial charge in [-0.3, -0.25) is 4.98 Å². The van der Waals surface area contributed by atoms with Crippen LogP contribution in [0.3, 0.4) is 0 Å². The first kappa shape index (κ1) is 14.5. The molecule has 1 atom stereocenters. The van der Waals surface area contributed by atoms with Crippen LogP contribution in [0.4, 0.5) is 0 Å². The molecule has 1 aliphatic rings. The molecular weight excluding hydrogens is 232 g/mol. The van der Waals surface area contributed by atoms with Crippen molar-refractivity contribution in [1.82, 2.24) is 10.3 Å². The first-order valence-electron chi connectivity index (χ1n) is 7.89. The average molecular weight is 260 g/mol. The van der Waals surface area contributed by atoms with Crippen molar-refractivity contribution in [2.75, 3.05) is 6.54 Å². The lowest BCUT2D eigenvalue weighted by Crippen LogP contribution is -2.29. The minimum atomic E-state index is 0.448. The summed E-state index contributed by atoms with van der Waals surface area (Å²) in [6.45, 7) is 7.55. The quantitative estimate of drug-likeness (QED) is 0.816. The molecule has 106 valence electrons. The maximum absolute atomic E-state index is 4.74. The van der Waals surface area contributed by atoms with Crippen molar-refractivity contribution in [2.45, 2.75) is 65.3 Å². The molecule has 1 saturated carbocycles. The highest BCUT2D eigenvalue weighted by Crippen LogP contribution is 2.34. The molecule has 0 saturated heterocycles. The van der Waals surface area contributed by atoms with Crippen molar-refractivity contribution in [3.05, 3.63) is 29.1 Å². The molecule has 1 aromatic rings. The summed E-state index contributed by atoms with van der Waals surface area (Å²) in [6, 6.07) is 2.72. The second kappa shape index (κ2) is 7.04. The molecule has 0 radical (unpaired) electrons. The van der Waals surface area contributed by atoms with Crippen LogP contribution in [0.2, 0.25) is 0 Å². The lowest BCUT2D eigenvalue weighted by molar-refractivity contribution is 0.323. The van der Waals surface area contributed by atoms with E-state index in [1.165, 1.54) is 55.3 Å². The Labute approximate surface area is 118 Å². The van der Waals surface area contributed by atoms with Gasteiger partial charge < -0.3 is 5.32 Å². The molecule has 19 heavy (non-hydrogen) atoms. The SMILES string of the molecule is CCNC(c1ncc(C)cc1C)C1CCCCCC1. The number of pyridine rings is 1. The molecule has 1 heterocycles. The van der Waals surface area contributed by atoms with Crippen LogP contribution in [0.25, 0.3) is 0 Å². The molecule has 1 aliphatic carbocycles. The fourth-order valence-electron chi connectivity index (χ4n) is 3.40. The summed E-state index contributed by atoms with van der Waals surface area (Å²) in [7, 11) is 0. The second-order valence-corrected chi connectivity index (χ2v) is 6.00. The molecule has 1 fully saturated rings. The van der Waals surface area contributed by atoms with E-state index >= 15 is 0 Å². The smallest absolute Gasteiger partial charge is 0.0605 e. The normalized spacial score (nSPS) is 19.1. The summed E-state index contributed by atoms with van der Waals surface area (Å²) < 4.78 is 0. The van der Waals surface area contributed by atoms with E-state index in [0.717, 1.165) is 12.5 Å². The van der Waals surface area contributed by atoms with Crippen LogP contribution in [0.1, 0.15) is 68.3 Å². The van der Waals surface area contributed by atoms with E-state index in [4.69, 9.17) is 4.98 Å². The highest BCUT2D eigenvalue weighted by Gasteiger charge is 2.25. The summed E-state index contributed by atoms with van der Waals surface area (Å²) in [5.74, 6) is 0.761. The van der Waals surface area contributed by atoms with Crippen LogP contribution in [0.5, 0.6) is 0 Å². The van der Waals surface area contributed by atoms with Crippen LogP contribution in [0, 0.1) is 19.8 Å². The molecule has 0 spiro atoms. The van der Waals surface area contributed by atoms with E-state index in [2.05, 4.69) is 32.2 Å². The number of nitrogens with zero attached hydrogens (tertiary/aromatic N) is 1. The number of nitrogens with one attached hydrogen (secondary N) is 1. The Hall–Kier alpha value is -0.890. The van der Waals surface area contributed by atoms with Gasteiger partial charge in [-0.05, 0) is 50.3 Å². The predicted octanol–water partition coefficient (Wildman–Crippen LogP) is 4.32. The van der Waals surface area contributed by atoms with Crippen LogP contribution < -0.4 is 5.32 Å². The van der Waals surface area contributed by atoms with Crippen molar-refractivity contribution in [1.29, 1.82) is 0 Å². The molecule has 0 aromatic carbocycles. The van der Waals surface area contributed by atoms with Gasteiger partial charge >= 0.3 is 0 Å². The Morgan fingerprint density at radius 2 is 1.89 bits per heavy atom. The van der Waals surface area contributed by atoms with Gasteiger partial charge in [-0.2, -0.15) is 0 Å². The van der Waals surface area contributed by atoms with Gasteiger partial charge in [0, 0.05) is 6.20 Å². The van der Waals surface area contributed by atoms with E-state index < -0.39 is 0 Å². The summed E-state index contributed by atoms with van der Waals surface area (Å²) in [4.78, 5) is 4.74. The zero-order valence-corrected chi connectivity index (χ0v) is 12.7. The minimum Gasteiger partial charge on any atom is -0.309 e. The van der Waals surface area contributed by atoms with Crippen LogP contribution >= 0.6 is 0 Å². The maximum Gasteiger partial charge on any atom is 0.0605 e. The fraction of sp³-hybridized carbons (Fsp3) is 0.706. The minimum absolute atomic E-state index is 0.448. The Morgan fingerprint density at radius 1 is 1.21 bits per heavy atom. The summed E-state index contributed by atoms with van der Waals surface area (Å²) in [5.41, 5.74) is 3.88. The van der Waals surface area contributed by atoms with Gasteiger partial charge in [-0.1, -0.05) is 38.7 Å². The zero-order chi connectivity index (χ0) is 13.7. The van der Waals surface area contributed by atoms with Gasteiger partial charge in [0.1, 0.15) is 0 Å². The number of hydrogen-bond donors (Lipinski definition) is 1. The van der Waals surface area contributed by atoms with E-state index in [1.54, 1.807) is 0 Å². The molecule has 0 aliphatic heterocycles. The van der Waals surface area contributed by atoms with Crippen LogP contribution in [0.15, 0.2) is 12.3 Å². The van der Waals surface area contributed by atoms with Gasteiger partial charge in [0.25, 0.3) is 0 Å². The topological polar surface area (TPSA) is 24.9 Å². The first-order chi connectivity index (χ1) is 9.22. The molecule has 1 N–H and O–H groups in total. The van der Waals surface area contributed by atoms with E-state index in [9.17, 15) is 0 Å². The molecule has 2 rings (SSSR count). The first-order valence-corrected chi connectivity index (χ1v) is 7.89. The van der Waals surface area contributed by atoms with Crippen LogP contribution in [-0.4, -0.2) is 11.5 Å². The van der Waals surface area contributed by atoms with Crippen molar-refractivity contribution in [3.63, 3.8) is 0 Å². The van der Waals surface area contributed by atoms with Gasteiger partial charge in [-0.25, -0.2) is 0 Å². The second-order valence-electron chi connectivity index (χ2n) is 6.00. The molecule has 2 nitrogen and oxygen atoms in total. The Balaban J connectivity index is 2.22. The van der Waals surface area contributed by atoms with Crippen molar-refractivity contribution >= 4 is 0 Å². The van der Waals surface area contributed by atoms with Crippen molar-refractivity contribution < 1.29 is 0 Å². The van der Waals surface area contributed by atoms with Crippen molar-refractivity contribution in [2.24, 2.45) is 5.92 Å². The lowest BCUT2D eigenvalue weighted by atomic mass is 9.88. The highest BCUT2D eigenvalue weighted by atomic mass is 14.9. The fourth-order valence-corrected chi connectivity index (χ4v) is 3.40. The largest absolute Gasteiger partial charge is 0.309 e. The number of rotatable bonds is 4.